The lowest BCUT2D eigenvalue weighted by Gasteiger charge is -2.31. The number of fused-ring (bicyclic) bond motifs is 1. The highest BCUT2D eigenvalue weighted by atomic mass is 32.1. The molecule has 0 bridgehead atoms. The average molecular weight is 489 g/mol. The van der Waals surface area contributed by atoms with Gasteiger partial charge in [-0.05, 0) is 56.5 Å². The van der Waals surface area contributed by atoms with Crippen LogP contribution < -0.4 is 15.1 Å². The summed E-state index contributed by atoms with van der Waals surface area (Å²) >= 11 is 1.67. The standard InChI is InChI=1S/C27H32N6OS/c1-18-7-11-23(12-8-18)33-25-24(19(2)30-33)35-27(29-25)32-15-5-6-21(17-32)26(34)28-16-20-9-13-22(14-10-20)31(3)4/h7-14,21H,5-6,15-17H2,1-4H3,(H,28,34)/t21-/m1/s1. The van der Waals surface area contributed by atoms with Crippen LogP contribution in [0, 0.1) is 19.8 Å². The van der Waals surface area contributed by atoms with Gasteiger partial charge in [0.05, 0.1) is 22.0 Å². The summed E-state index contributed by atoms with van der Waals surface area (Å²) < 4.78 is 3.04. The van der Waals surface area contributed by atoms with Crippen molar-refractivity contribution >= 4 is 38.4 Å². The maximum absolute atomic E-state index is 13.0. The van der Waals surface area contributed by atoms with Gasteiger partial charge < -0.3 is 15.1 Å². The molecule has 0 radical (unpaired) electrons. The molecule has 2 aromatic heterocycles. The van der Waals surface area contributed by atoms with Crippen LogP contribution in [-0.4, -0.2) is 47.9 Å². The van der Waals surface area contributed by atoms with Gasteiger partial charge in [0.1, 0.15) is 0 Å². The summed E-state index contributed by atoms with van der Waals surface area (Å²) in [4.78, 5) is 22.3. The molecule has 2 aromatic carbocycles. The molecule has 0 spiro atoms. The number of thiazole rings is 1. The first-order valence-electron chi connectivity index (χ1n) is 12.1. The molecule has 1 fully saturated rings. The van der Waals surface area contributed by atoms with Crippen LogP contribution >= 0.6 is 11.3 Å². The molecule has 5 rings (SSSR count). The number of carbonyl (C=O) groups excluding carboxylic acids is 1. The first-order chi connectivity index (χ1) is 16.9. The predicted molar refractivity (Wildman–Crippen MR) is 144 cm³/mol. The van der Waals surface area contributed by atoms with Crippen LogP contribution in [0.5, 0.6) is 0 Å². The van der Waals surface area contributed by atoms with E-state index in [-0.39, 0.29) is 11.8 Å². The lowest BCUT2D eigenvalue weighted by molar-refractivity contribution is -0.125. The molecule has 1 aliphatic heterocycles. The van der Waals surface area contributed by atoms with E-state index in [1.165, 1.54) is 5.56 Å². The van der Waals surface area contributed by atoms with E-state index in [0.29, 0.717) is 13.1 Å². The number of anilines is 2. The van der Waals surface area contributed by atoms with E-state index in [2.05, 4.69) is 70.6 Å². The van der Waals surface area contributed by atoms with Crippen LogP contribution in [0.25, 0.3) is 16.0 Å². The van der Waals surface area contributed by atoms with Crippen LogP contribution in [0.4, 0.5) is 10.8 Å². The smallest absolute Gasteiger partial charge is 0.225 e. The van der Waals surface area contributed by atoms with Gasteiger partial charge in [0, 0.05) is 39.4 Å². The monoisotopic (exact) mass is 488 g/mol. The van der Waals surface area contributed by atoms with E-state index in [1.54, 1.807) is 11.3 Å². The van der Waals surface area contributed by atoms with E-state index in [1.807, 2.05) is 25.7 Å². The molecule has 4 aromatic rings. The fourth-order valence-electron chi connectivity index (χ4n) is 4.53. The number of piperidine rings is 1. The zero-order valence-electron chi connectivity index (χ0n) is 20.8. The molecule has 1 amide bonds. The number of rotatable bonds is 6. The minimum absolute atomic E-state index is 0.0356. The van der Waals surface area contributed by atoms with Crippen molar-refractivity contribution in [2.45, 2.75) is 33.2 Å². The van der Waals surface area contributed by atoms with Gasteiger partial charge in [0.15, 0.2) is 10.8 Å². The van der Waals surface area contributed by atoms with Gasteiger partial charge in [-0.3, -0.25) is 4.79 Å². The average Bonchev–Trinajstić information content (AvgIpc) is 3.44. The number of nitrogens with zero attached hydrogens (tertiary/aromatic N) is 5. The minimum atomic E-state index is -0.0356. The Kier molecular flexibility index (Phi) is 6.47. The quantitative estimate of drug-likeness (QED) is 0.426. The second-order valence-corrected chi connectivity index (χ2v) is 10.5. The van der Waals surface area contributed by atoms with E-state index in [9.17, 15) is 4.79 Å². The van der Waals surface area contributed by atoms with Crippen LogP contribution in [0.15, 0.2) is 48.5 Å². The van der Waals surface area contributed by atoms with Crippen molar-refractivity contribution in [3.63, 3.8) is 0 Å². The van der Waals surface area contributed by atoms with Crippen molar-refractivity contribution in [2.24, 2.45) is 5.92 Å². The molecule has 0 aliphatic carbocycles. The molecule has 1 saturated heterocycles. The molecule has 1 atom stereocenters. The minimum Gasteiger partial charge on any atom is -0.378 e. The number of benzene rings is 2. The number of aryl methyl sites for hydroxylation is 2. The van der Waals surface area contributed by atoms with Gasteiger partial charge in [0.2, 0.25) is 5.91 Å². The van der Waals surface area contributed by atoms with Crippen LogP contribution in [0.3, 0.4) is 0 Å². The summed E-state index contributed by atoms with van der Waals surface area (Å²) in [6.45, 7) is 6.28. The summed E-state index contributed by atoms with van der Waals surface area (Å²) in [6, 6.07) is 16.7. The highest BCUT2D eigenvalue weighted by Gasteiger charge is 2.28. The number of hydrogen-bond donors (Lipinski definition) is 1. The third-order valence-corrected chi connectivity index (χ3v) is 7.85. The van der Waals surface area contributed by atoms with Gasteiger partial charge in [-0.2, -0.15) is 10.1 Å². The molecule has 35 heavy (non-hydrogen) atoms. The van der Waals surface area contributed by atoms with Gasteiger partial charge >= 0.3 is 0 Å². The van der Waals surface area contributed by atoms with Crippen molar-refractivity contribution in [1.29, 1.82) is 0 Å². The van der Waals surface area contributed by atoms with Crippen LogP contribution in [0.1, 0.15) is 29.7 Å². The predicted octanol–water partition coefficient (Wildman–Crippen LogP) is 4.70. The molecule has 182 valence electrons. The van der Waals surface area contributed by atoms with Gasteiger partial charge in [0.25, 0.3) is 0 Å². The van der Waals surface area contributed by atoms with E-state index < -0.39 is 0 Å². The first-order valence-corrected chi connectivity index (χ1v) is 12.9. The number of carbonyl (C=O) groups is 1. The maximum Gasteiger partial charge on any atom is 0.225 e. The van der Waals surface area contributed by atoms with Gasteiger partial charge in [-0.25, -0.2) is 4.68 Å². The third kappa shape index (κ3) is 4.89. The topological polar surface area (TPSA) is 66.3 Å². The van der Waals surface area contributed by atoms with Crippen LogP contribution in [0.2, 0.25) is 0 Å². The van der Waals surface area contributed by atoms with Crippen molar-refractivity contribution in [3.05, 3.63) is 65.4 Å². The molecule has 0 unspecified atom stereocenters. The third-order valence-electron chi connectivity index (χ3n) is 6.64. The number of nitrogens with one attached hydrogen (secondary N) is 1. The molecular weight excluding hydrogens is 456 g/mol. The van der Waals surface area contributed by atoms with Gasteiger partial charge in [-0.15, -0.1) is 0 Å². The van der Waals surface area contributed by atoms with E-state index in [0.717, 1.165) is 57.5 Å². The molecule has 3 heterocycles. The molecular formula is C27H32N6OS. The van der Waals surface area contributed by atoms with Crippen molar-refractivity contribution in [3.8, 4) is 5.69 Å². The lowest BCUT2D eigenvalue weighted by Crippen LogP contribution is -2.43. The van der Waals surface area contributed by atoms with Crippen molar-refractivity contribution in [1.82, 2.24) is 20.1 Å². The second kappa shape index (κ2) is 9.70. The van der Waals surface area contributed by atoms with Crippen molar-refractivity contribution < 1.29 is 4.79 Å². The Hall–Kier alpha value is -3.39. The number of amides is 1. The molecule has 1 aliphatic rings. The van der Waals surface area contributed by atoms with E-state index in [4.69, 9.17) is 10.1 Å². The maximum atomic E-state index is 13.0. The molecule has 8 heteroatoms. The Morgan fingerprint density at radius 3 is 2.57 bits per heavy atom. The summed E-state index contributed by atoms with van der Waals surface area (Å²) in [5.74, 6) is 0.0843. The van der Waals surface area contributed by atoms with Crippen LogP contribution in [-0.2, 0) is 11.3 Å². The zero-order valence-corrected chi connectivity index (χ0v) is 21.6. The van der Waals surface area contributed by atoms with Gasteiger partial charge in [-0.1, -0.05) is 41.2 Å². The number of aromatic nitrogens is 3. The Balaban J connectivity index is 1.27. The largest absolute Gasteiger partial charge is 0.378 e. The Morgan fingerprint density at radius 2 is 1.86 bits per heavy atom. The molecule has 0 saturated carbocycles. The summed E-state index contributed by atoms with van der Waals surface area (Å²) in [5, 5.41) is 8.84. The first kappa shape index (κ1) is 23.4. The highest BCUT2D eigenvalue weighted by molar-refractivity contribution is 7.22. The summed E-state index contributed by atoms with van der Waals surface area (Å²) in [5.41, 5.74) is 6.37. The molecule has 1 N–H and O–H groups in total. The summed E-state index contributed by atoms with van der Waals surface area (Å²) in [7, 11) is 4.05. The fraction of sp³-hybridized carbons (Fsp3) is 0.370. The number of hydrogen-bond acceptors (Lipinski definition) is 6. The SMILES string of the molecule is Cc1ccc(-n2nc(C)c3sc(N4CCC[C@@H](C(=O)NCc5ccc(N(C)C)cc5)C4)nc32)cc1. The normalized spacial score (nSPS) is 16.0. The second-order valence-electron chi connectivity index (χ2n) is 9.55. The molecule has 7 nitrogen and oxygen atoms in total. The Morgan fingerprint density at radius 1 is 1.11 bits per heavy atom. The van der Waals surface area contributed by atoms with E-state index >= 15 is 0 Å². The summed E-state index contributed by atoms with van der Waals surface area (Å²) in [6.07, 6.45) is 1.89. The Labute approximate surface area is 210 Å². The Bertz CT molecular complexity index is 1320. The van der Waals surface area contributed by atoms with Crippen molar-refractivity contribution in [2.75, 3.05) is 37.0 Å². The fourth-order valence-corrected chi connectivity index (χ4v) is 5.56. The highest BCUT2D eigenvalue weighted by Crippen LogP contribution is 2.34. The lowest BCUT2D eigenvalue weighted by atomic mass is 9.97. The zero-order chi connectivity index (χ0) is 24.5.